The number of rotatable bonds is 4. The van der Waals surface area contributed by atoms with E-state index >= 15 is 0 Å². The summed E-state index contributed by atoms with van der Waals surface area (Å²) in [6.45, 7) is 2.00. The molecule has 1 aromatic heterocycles. The minimum atomic E-state index is -0.785. The SMILES string of the molecule is CCC(NC(=O)N1C2CCC1C(C(=O)O)C2)c1nccs1. The lowest BCUT2D eigenvalue weighted by molar-refractivity contribution is -0.142. The van der Waals surface area contributed by atoms with Crippen LogP contribution in [0.1, 0.15) is 43.7 Å². The van der Waals surface area contributed by atoms with Crippen molar-refractivity contribution < 1.29 is 14.7 Å². The summed E-state index contributed by atoms with van der Waals surface area (Å²) in [5, 5.41) is 15.0. The number of hydrogen-bond acceptors (Lipinski definition) is 4. The van der Waals surface area contributed by atoms with Crippen LogP contribution < -0.4 is 5.32 Å². The molecule has 0 saturated carbocycles. The molecule has 3 rings (SSSR count). The van der Waals surface area contributed by atoms with Gasteiger partial charge in [-0.1, -0.05) is 6.92 Å². The van der Waals surface area contributed by atoms with Crippen molar-refractivity contribution >= 4 is 23.3 Å². The molecule has 2 N–H and O–H groups in total. The zero-order valence-electron chi connectivity index (χ0n) is 11.9. The van der Waals surface area contributed by atoms with Crippen LogP contribution in [0.4, 0.5) is 4.79 Å². The second-order valence-corrected chi connectivity index (χ2v) is 6.59. The van der Waals surface area contributed by atoms with Crippen molar-refractivity contribution in [1.82, 2.24) is 15.2 Å². The van der Waals surface area contributed by atoms with Gasteiger partial charge in [0.2, 0.25) is 0 Å². The lowest BCUT2D eigenvalue weighted by Crippen LogP contribution is -2.45. The molecule has 2 saturated heterocycles. The Labute approximate surface area is 127 Å². The largest absolute Gasteiger partial charge is 0.481 e. The quantitative estimate of drug-likeness (QED) is 0.893. The highest BCUT2D eigenvalue weighted by molar-refractivity contribution is 7.09. The third kappa shape index (κ3) is 2.50. The lowest BCUT2D eigenvalue weighted by Gasteiger charge is -2.26. The van der Waals surface area contributed by atoms with Crippen LogP contribution in [-0.4, -0.2) is 39.1 Å². The average Bonchev–Trinajstić information content (AvgIpc) is 3.18. The Hall–Kier alpha value is -1.63. The van der Waals surface area contributed by atoms with Gasteiger partial charge in [0.05, 0.1) is 12.0 Å². The number of fused-ring (bicyclic) bond motifs is 2. The summed E-state index contributed by atoms with van der Waals surface area (Å²) in [7, 11) is 0. The van der Waals surface area contributed by atoms with Gasteiger partial charge in [-0.25, -0.2) is 9.78 Å². The first-order valence-electron chi connectivity index (χ1n) is 7.32. The van der Waals surface area contributed by atoms with Gasteiger partial charge in [-0.15, -0.1) is 11.3 Å². The topological polar surface area (TPSA) is 82.5 Å². The van der Waals surface area contributed by atoms with Crippen LogP contribution in [0.15, 0.2) is 11.6 Å². The first-order chi connectivity index (χ1) is 10.1. The van der Waals surface area contributed by atoms with Crippen molar-refractivity contribution in [2.45, 2.75) is 50.7 Å². The van der Waals surface area contributed by atoms with Crippen molar-refractivity contribution in [2.75, 3.05) is 0 Å². The molecule has 21 heavy (non-hydrogen) atoms. The highest BCUT2D eigenvalue weighted by Gasteiger charge is 2.51. The predicted molar refractivity (Wildman–Crippen MR) is 78.1 cm³/mol. The van der Waals surface area contributed by atoms with Crippen molar-refractivity contribution in [1.29, 1.82) is 0 Å². The van der Waals surface area contributed by atoms with E-state index < -0.39 is 11.9 Å². The normalized spacial score (nSPS) is 28.6. The standard InChI is InChI=1S/C14H19N3O3S/c1-2-10(12-15-5-6-21-12)16-14(20)17-8-3-4-11(17)9(7-8)13(18)19/h5-6,8-11H,2-4,7H2,1H3,(H,16,20)(H,18,19). The maximum atomic E-state index is 12.5. The Morgan fingerprint density at radius 3 is 2.95 bits per heavy atom. The molecule has 0 aromatic carbocycles. The molecule has 3 heterocycles. The predicted octanol–water partition coefficient (Wildman–Crippen LogP) is 2.24. The number of hydrogen-bond donors (Lipinski definition) is 2. The van der Waals surface area contributed by atoms with Crippen molar-refractivity contribution in [3.05, 3.63) is 16.6 Å². The number of aliphatic carboxylic acids is 1. The van der Waals surface area contributed by atoms with Crippen LogP contribution >= 0.6 is 11.3 Å². The first kappa shape index (κ1) is 14.3. The van der Waals surface area contributed by atoms with E-state index in [1.54, 1.807) is 11.1 Å². The summed E-state index contributed by atoms with van der Waals surface area (Å²) < 4.78 is 0. The number of carboxylic acid groups (broad SMARTS) is 1. The molecule has 0 radical (unpaired) electrons. The van der Waals surface area contributed by atoms with Gasteiger partial charge in [-0.2, -0.15) is 0 Å². The van der Waals surface area contributed by atoms with Crippen LogP contribution in [0.5, 0.6) is 0 Å². The molecule has 0 aliphatic carbocycles. The van der Waals surface area contributed by atoms with Crippen LogP contribution in [0.3, 0.4) is 0 Å². The van der Waals surface area contributed by atoms with Crippen molar-refractivity contribution in [3.8, 4) is 0 Å². The molecule has 2 bridgehead atoms. The molecule has 1 aromatic rings. The molecule has 2 amide bonds. The summed E-state index contributed by atoms with van der Waals surface area (Å²) in [5.41, 5.74) is 0. The Bertz CT molecular complexity index is 534. The molecule has 2 aliphatic heterocycles. The Morgan fingerprint density at radius 2 is 2.38 bits per heavy atom. The van der Waals surface area contributed by atoms with E-state index in [9.17, 15) is 14.7 Å². The molecular weight excluding hydrogens is 290 g/mol. The van der Waals surface area contributed by atoms with Crippen LogP contribution in [0.2, 0.25) is 0 Å². The molecule has 7 heteroatoms. The van der Waals surface area contributed by atoms with Crippen molar-refractivity contribution in [2.24, 2.45) is 5.92 Å². The highest BCUT2D eigenvalue weighted by atomic mass is 32.1. The van der Waals surface area contributed by atoms with E-state index in [1.807, 2.05) is 12.3 Å². The van der Waals surface area contributed by atoms with Crippen molar-refractivity contribution in [3.63, 3.8) is 0 Å². The fourth-order valence-electron chi connectivity index (χ4n) is 3.54. The van der Waals surface area contributed by atoms with Crippen LogP contribution in [-0.2, 0) is 4.79 Å². The molecule has 6 nitrogen and oxygen atoms in total. The van der Waals surface area contributed by atoms with E-state index in [0.29, 0.717) is 6.42 Å². The number of carboxylic acids is 1. The Morgan fingerprint density at radius 1 is 1.57 bits per heavy atom. The molecule has 2 aliphatic rings. The van der Waals surface area contributed by atoms with E-state index in [0.717, 1.165) is 24.3 Å². The second kappa shape index (κ2) is 5.63. The fraction of sp³-hybridized carbons (Fsp3) is 0.643. The molecule has 4 unspecified atom stereocenters. The van der Waals surface area contributed by atoms with Gasteiger partial charge in [0, 0.05) is 23.7 Å². The number of nitrogens with one attached hydrogen (secondary N) is 1. The molecule has 2 fully saturated rings. The van der Waals surface area contributed by atoms with E-state index in [-0.39, 0.29) is 24.2 Å². The summed E-state index contributed by atoms with van der Waals surface area (Å²) in [6, 6.07) is -0.319. The number of urea groups is 1. The van der Waals surface area contributed by atoms with Gasteiger partial charge >= 0.3 is 12.0 Å². The van der Waals surface area contributed by atoms with Gasteiger partial charge in [-0.05, 0) is 25.7 Å². The fourth-order valence-corrected chi connectivity index (χ4v) is 4.31. The lowest BCUT2D eigenvalue weighted by atomic mass is 9.89. The third-order valence-corrected chi connectivity index (χ3v) is 5.43. The van der Waals surface area contributed by atoms with E-state index in [2.05, 4.69) is 10.3 Å². The van der Waals surface area contributed by atoms with Gasteiger partial charge in [0.1, 0.15) is 5.01 Å². The van der Waals surface area contributed by atoms with E-state index in [1.165, 1.54) is 11.3 Å². The molecule has 0 spiro atoms. The molecule has 114 valence electrons. The summed E-state index contributed by atoms with van der Waals surface area (Å²) in [5.74, 6) is -1.19. The van der Waals surface area contributed by atoms with Gasteiger partial charge < -0.3 is 15.3 Å². The number of aromatic nitrogens is 1. The molecular formula is C14H19N3O3S. The summed E-state index contributed by atoms with van der Waals surface area (Å²) in [4.78, 5) is 29.8. The van der Waals surface area contributed by atoms with Gasteiger partial charge in [0.25, 0.3) is 0 Å². The average molecular weight is 309 g/mol. The van der Waals surface area contributed by atoms with Gasteiger partial charge in [0.15, 0.2) is 0 Å². The minimum Gasteiger partial charge on any atom is -0.481 e. The maximum Gasteiger partial charge on any atom is 0.318 e. The Kier molecular flexibility index (Phi) is 3.84. The van der Waals surface area contributed by atoms with E-state index in [4.69, 9.17) is 0 Å². The summed E-state index contributed by atoms with van der Waals surface area (Å²) >= 11 is 1.52. The first-order valence-corrected chi connectivity index (χ1v) is 8.20. The molecule has 4 atom stereocenters. The number of carbonyl (C=O) groups is 2. The zero-order valence-corrected chi connectivity index (χ0v) is 12.7. The third-order valence-electron chi connectivity index (χ3n) is 4.54. The number of carbonyl (C=O) groups excluding carboxylic acids is 1. The number of nitrogens with zero attached hydrogens (tertiary/aromatic N) is 2. The maximum absolute atomic E-state index is 12.5. The zero-order chi connectivity index (χ0) is 15.0. The summed E-state index contributed by atoms with van der Waals surface area (Å²) in [6.07, 6.45) is 4.79. The number of amides is 2. The number of thiazole rings is 1. The Balaban J connectivity index is 1.70. The highest BCUT2D eigenvalue weighted by Crippen LogP contribution is 2.42. The van der Waals surface area contributed by atoms with Crippen LogP contribution in [0, 0.1) is 5.92 Å². The minimum absolute atomic E-state index is 0.0740. The monoisotopic (exact) mass is 309 g/mol. The van der Waals surface area contributed by atoms with Crippen LogP contribution in [0.25, 0.3) is 0 Å². The second-order valence-electron chi connectivity index (χ2n) is 5.67. The van der Waals surface area contributed by atoms with Gasteiger partial charge in [-0.3, -0.25) is 4.79 Å². The smallest absolute Gasteiger partial charge is 0.318 e.